The number of piperidine rings is 1. The molecule has 0 unspecified atom stereocenters. The molecule has 1 aromatic carbocycles. The minimum atomic E-state index is -0.0637. The van der Waals surface area contributed by atoms with E-state index in [9.17, 15) is 9.59 Å². The van der Waals surface area contributed by atoms with Crippen LogP contribution in [0, 0.1) is 0 Å². The molecule has 0 bridgehead atoms. The number of ether oxygens (including phenoxy) is 1. The molecule has 1 fully saturated rings. The molecular weight excluding hydrogens is 344 g/mol. The molecular formula is C20H28N4O3. The third-order valence-corrected chi connectivity index (χ3v) is 5.19. The number of carbonyl (C=O) groups excluding carboxylic acids is 1. The fourth-order valence-electron chi connectivity index (χ4n) is 3.65. The number of methoxy groups -OCH3 is 1. The normalized spacial score (nSPS) is 15.9. The summed E-state index contributed by atoms with van der Waals surface area (Å²) in [7, 11) is 1.62. The summed E-state index contributed by atoms with van der Waals surface area (Å²) in [6.45, 7) is 5.66. The zero-order valence-electron chi connectivity index (χ0n) is 16.1. The zero-order valence-corrected chi connectivity index (χ0v) is 16.1. The van der Waals surface area contributed by atoms with Crippen LogP contribution in [0.4, 0.5) is 0 Å². The van der Waals surface area contributed by atoms with Crippen molar-refractivity contribution in [3.8, 4) is 0 Å². The minimum Gasteiger partial charge on any atom is -0.383 e. The smallest absolute Gasteiger partial charge is 0.345 e. The van der Waals surface area contributed by atoms with E-state index in [1.165, 1.54) is 4.68 Å². The molecule has 1 saturated heterocycles. The number of hydrogen-bond acceptors (Lipinski definition) is 5. The van der Waals surface area contributed by atoms with Crippen LogP contribution in [0.25, 0.3) is 0 Å². The molecule has 27 heavy (non-hydrogen) atoms. The Kier molecular flexibility index (Phi) is 6.58. The van der Waals surface area contributed by atoms with Crippen LogP contribution in [0.1, 0.15) is 41.9 Å². The number of benzene rings is 1. The molecule has 146 valence electrons. The highest BCUT2D eigenvalue weighted by atomic mass is 16.5. The maximum Gasteiger partial charge on any atom is 0.345 e. The van der Waals surface area contributed by atoms with Gasteiger partial charge in [0.2, 0.25) is 0 Å². The molecule has 3 rings (SSSR count). The first-order chi connectivity index (χ1) is 13.1. The number of likely N-dealkylation sites (tertiary alicyclic amines) is 1. The molecule has 1 aliphatic heterocycles. The summed E-state index contributed by atoms with van der Waals surface area (Å²) in [5.74, 6) is 1.28. The van der Waals surface area contributed by atoms with E-state index in [2.05, 4.69) is 10.00 Å². The standard InChI is InChI=1S/C20H28N4O3/c1-3-23-19(21-24(20(23)26)13-14-27-2)17-9-11-22(12-10-17)15-18(25)16-7-5-4-6-8-16/h4-8,17H,3,9-15H2,1-2H3. The van der Waals surface area contributed by atoms with Gasteiger partial charge < -0.3 is 4.74 Å². The first-order valence-corrected chi connectivity index (χ1v) is 9.61. The van der Waals surface area contributed by atoms with E-state index >= 15 is 0 Å². The summed E-state index contributed by atoms with van der Waals surface area (Å²) in [6.07, 6.45) is 1.81. The lowest BCUT2D eigenvalue weighted by Crippen LogP contribution is -2.37. The Balaban J connectivity index is 1.62. The zero-order chi connectivity index (χ0) is 19.2. The molecule has 0 N–H and O–H groups in total. The van der Waals surface area contributed by atoms with Crippen LogP contribution in [0.5, 0.6) is 0 Å². The highest BCUT2D eigenvalue weighted by molar-refractivity contribution is 5.97. The lowest BCUT2D eigenvalue weighted by molar-refractivity contribution is 0.0908. The van der Waals surface area contributed by atoms with Crippen LogP contribution in [-0.4, -0.2) is 58.4 Å². The Morgan fingerprint density at radius 2 is 1.93 bits per heavy atom. The third-order valence-electron chi connectivity index (χ3n) is 5.19. The topological polar surface area (TPSA) is 69.4 Å². The van der Waals surface area contributed by atoms with Gasteiger partial charge in [0.05, 0.1) is 19.7 Å². The van der Waals surface area contributed by atoms with Crippen molar-refractivity contribution in [2.75, 3.05) is 33.4 Å². The fraction of sp³-hybridized carbons (Fsp3) is 0.550. The monoisotopic (exact) mass is 372 g/mol. The summed E-state index contributed by atoms with van der Waals surface area (Å²) in [4.78, 5) is 27.1. The maximum atomic E-state index is 12.5. The minimum absolute atomic E-state index is 0.0637. The molecule has 1 aliphatic rings. The number of aromatic nitrogens is 3. The van der Waals surface area contributed by atoms with E-state index in [-0.39, 0.29) is 17.4 Å². The molecule has 0 aliphatic carbocycles. The van der Waals surface area contributed by atoms with Crippen LogP contribution in [0.2, 0.25) is 0 Å². The second-order valence-corrected chi connectivity index (χ2v) is 6.94. The van der Waals surface area contributed by atoms with Crippen molar-refractivity contribution in [1.29, 1.82) is 0 Å². The molecule has 7 nitrogen and oxygen atoms in total. The number of carbonyl (C=O) groups is 1. The molecule has 2 aromatic rings. The predicted molar refractivity (Wildman–Crippen MR) is 103 cm³/mol. The van der Waals surface area contributed by atoms with E-state index in [1.807, 2.05) is 37.3 Å². The Bertz CT molecular complexity index is 804. The Labute approximate surface area is 159 Å². The average Bonchev–Trinajstić information content (AvgIpc) is 3.03. The van der Waals surface area contributed by atoms with Crippen molar-refractivity contribution in [1.82, 2.24) is 19.2 Å². The average molecular weight is 372 g/mol. The lowest BCUT2D eigenvalue weighted by Gasteiger charge is -2.30. The number of rotatable bonds is 8. The van der Waals surface area contributed by atoms with Crippen LogP contribution >= 0.6 is 0 Å². The molecule has 0 amide bonds. The molecule has 0 spiro atoms. The van der Waals surface area contributed by atoms with Gasteiger partial charge in [-0.05, 0) is 32.9 Å². The third kappa shape index (κ3) is 4.54. The predicted octanol–water partition coefficient (Wildman–Crippen LogP) is 1.77. The van der Waals surface area contributed by atoms with Crippen LogP contribution in [-0.2, 0) is 17.8 Å². The van der Waals surface area contributed by atoms with Crippen molar-refractivity contribution in [2.24, 2.45) is 0 Å². The largest absolute Gasteiger partial charge is 0.383 e. The fourth-order valence-corrected chi connectivity index (χ4v) is 3.65. The van der Waals surface area contributed by atoms with E-state index in [0.717, 1.165) is 37.3 Å². The molecule has 0 atom stereocenters. The second kappa shape index (κ2) is 9.10. The SMILES string of the molecule is CCn1c(C2CCN(CC(=O)c3ccccc3)CC2)nn(CCOC)c1=O. The maximum absolute atomic E-state index is 12.5. The highest BCUT2D eigenvalue weighted by Crippen LogP contribution is 2.26. The van der Waals surface area contributed by atoms with Crippen molar-refractivity contribution in [3.63, 3.8) is 0 Å². The molecule has 0 radical (unpaired) electrons. The number of Topliss-reactive ketones (excluding diaryl/α,β-unsaturated/α-hetero) is 1. The van der Waals surface area contributed by atoms with Crippen LogP contribution in [0.15, 0.2) is 35.1 Å². The number of hydrogen-bond donors (Lipinski definition) is 0. The first-order valence-electron chi connectivity index (χ1n) is 9.61. The Morgan fingerprint density at radius 1 is 1.22 bits per heavy atom. The summed E-state index contributed by atoms with van der Waals surface area (Å²) < 4.78 is 8.35. The van der Waals surface area contributed by atoms with Gasteiger partial charge in [-0.2, -0.15) is 5.10 Å². The van der Waals surface area contributed by atoms with Gasteiger partial charge in [-0.15, -0.1) is 0 Å². The lowest BCUT2D eigenvalue weighted by atomic mass is 9.95. The van der Waals surface area contributed by atoms with Crippen molar-refractivity contribution < 1.29 is 9.53 Å². The van der Waals surface area contributed by atoms with Gasteiger partial charge in [0.15, 0.2) is 5.78 Å². The van der Waals surface area contributed by atoms with Gasteiger partial charge >= 0.3 is 5.69 Å². The van der Waals surface area contributed by atoms with Gasteiger partial charge in [0.1, 0.15) is 5.82 Å². The van der Waals surface area contributed by atoms with E-state index in [1.54, 1.807) is 11.7 Å². The summed E-state index contributed by atoms with van der Waals surface area (Å²) in [6, 6.07) is 9.43. The highest BCUT2D eigenvalue weighted by Gasteiger charge is 2.27. The van der Waals surface area contributed by atoms with E-state index in [4.69, 9.17) is 4.74 Å². The van der Waals surface area contributed by atoms with Gasteiger partial charge in [-0.25, -0.2) is 9.48 Å². The van der Waals surface area contributed by atoms with Gasteiger partial charge in [-0.1, -0.05) is 30.3 Å². The van der Waals surface area contributed by atoms with Crippen LogP contribution in [0.3, 0.4) is 0 Å². The summed E-state index contributed by atoms with van der Waals surface area (Å²) in [5, 5.41) is 4.58. The van der Waals surface area contributed by atoms with Crippen LogP contribution < -0.4 is 5.69 Å². The van der Waals surface area contributed by atoms with Gasteiger partial charge in [0, 0.05) is 25.1 Å². The molecule has 7 heteroatoms. The molecule has 1 aromatic heterocycles. The van der Waals surface area contributed by atoms with Gasteiger partial charge in [0.25, 0.3) is 0 Å². The van der Waals surface area contributed by atoms with E-state index < -0.39 is 0 Å². The summed E-state index contributed by atoms with van der Waals surface area (Å²) in [5.41, 5.74) is 0.697. The Hall–Kier alpha value is -2.25. The summed E-state index contributed by atoms with van der Waals surface area (Å²) >= 11 is 0. The van der Waals surface area contributed by atoms with Crippen molar-refractivity contribution in [2.45, 2.75) is 38.8 Å². The molecule has 2 heterocycles. The van der Waals surface area contributed by atoms with E-state index in [0.29, 0.717) is 26.2 Å². The van der Waals surface area contributed by atoms with Crippen molar-refractivity contribution >= 4 is 5.78 Å². The molecule has 0 saturated carbocycles. The quantitative estimate of drug-likeness (QED) is 0.661. The second-order valence-electron chi connectivity index (χ2n) is 6.94. The van der Waals surface area contributed by atoms with Crippen molar-refractivity contribution in [3.05, 3.63) is 52.2 Å². The number of nitrogens with zero attached hydrogens (tertiary/aromatic N) is 4. The van der Waals surface area contributed by atoms with Gasteiger partial charge in [-0.3, -0.25) is 14.3 Å². The number of ketones is 1. The Morgan fingerprint density at radius 3 is 2.56 bits per heavy atom. The first kappa shape index (κ1) is 19.5.